The Balaban J connectivity index is 1.51. The molecule has 0 aromatic heterocycles. The molecule has 37 heavy (non-hydrogen) atoms. The van der Waals surface area contributed by atoms with Crippen LogP contribution in [0.25, 0.3) is 0 Å². The zero-order chi connectivity index (χ0) is 26.1. The van der Waals surface area contributed by atoms with Crippen molar-refractivity contribution in [2.75, 3.05) is 32.0 Å². The second-order valence-electron chi connectivity index (χ2n) is 9.64. The van der Waals surface area contributed by atoms with Crippen molar-refractivity contribution in [3.63, 3.8) is 0 Å². The van der Waals surface area contributed by atoms with Gasteiger partial charge in [-0.3, -0.25) is 9.59 Å². The van der Waals surface area contributed by atoms with Crippen molar-refractivity contribution in [3.8, 4) is 0 Å². The van der Waals surface area contributed by atoms with Gasteiger partial charge in [0.25, 0.3) is 5.91 Å². The molecule has 1 fully saturated rings. The Bertz CT molecular complexity index is 1160. The monoisotopic (exact) mass is 499 g/mol. The molecule has 0 spiro atoms. The van der Waals surface area contributed by atoms with Gasteiger partial charge < -0.3 is 20.3 Å². The zero-order valence-corrected chi connectivity index (χ0v) is 21.8. The summed E-state index contributed by atoms with van der Waals surface area (Å²) in [4.78, 5) is 27.3. The lowest BCUT2D eigenvalue weighted by Crippen LogP contribution is -2.48. The molecule has 0 saturated carbocycles. The van der Waals surface area contributed by atoms with Crippen molar-refractivity contribution in [2.45, 2.75) is 44.2 Å². The summed E-state index contributed by atoms with van der Waals surface area (Å²) in [6.07, 6.45) is 2.69. The van der Waals surface area contributed by atoms with E-state index in [9.17, 15) is 9.59 Å². The van der Waals surface area contributed by atoms with E-state index < -0.39 is 5.60 Å². The van der Waals surface area contributed by atoms with E-state index in [0.29, 0.717) is 12.0 Å². The summed E-state index contributed by atoms with van der Waals surface area (Å²) >= 11 is 0. The van der Waals surface area contributed by atoms with E-state index in [2.05, 4.69) is 51.9 Å². The summed E-state index contributed by atoms with van der Waals surface area (Å²) in [5.74, 6) is -0.267. The third-order valence-corrected chi connectivity index (χ3v) is 7.12. The van der Waals surface area contributed by atoms with E-state index in [1.165, 1.54) is 5.56 Å². The highest BCUT2D eigenvalue weighted by Gasteiger charge is 2.40. The summed E-state index contributed by atoms with van der Waals surface area (Å²) in [6, 6.07) is 28.3. The third kappa shape index (κ3) is 6.77. The van der Waals surface area contributed by atoms with E-state index in [0.717, 1.165) is 50.1 Å². The number of piperidine rings is 1. The Hall–Kier alpha value is -3.64. The second kappa shape index (κ2) is 12.5. The number of rotatable bonds is 10. The van der Waals surface area contributed by atoms with Crippen LogP contribution in [0.1, 0.15) is 47.7 Å². The molecule has 0 aliphatic carbocycles. The van der Waals surface area contributed by atoms with Crippen molar-refractivity contribution in [1.82, 2.24) is 10.2 Å². The quantitative estimate of drug-likeness (QED) is 0.384. The fraction of sp³-hybridized carbons (Fsp3) is 0.355. The number of ether oxygens (including phenoxy) is 1. The summed E-state index contributed by atoms with van der Waals surface area (Å²) in [6.45, 7) is 4.28. The van der Waals surface area contributed by atoms with Gasteiger partial charge in [0.05, 0.1) is 5.56 Å². The molecule has 1 amide bonds. The first-order chi connectivity index (χ1) is 18.0. The number of carbonyl (C=O) groups excluding carboxylic acids is 2. The number of amides is 1. The predicted octanol–water partition coefficient (Wildman–Crippen LogP) is 5.01. The molecular formula is C31H37N3O3. The van der Waals surface area contributed by atoms with Gasteiger partial charge in [-0.2, -0.15) is 0 Å². The number of anilines is 1. The number of nitrogens with one attached hydrogen (secondary N) is 2. The molecule has 4 rings (SSSR count). The molecule has 1 unspecified atom stereocenters. The molecule has 6 nitrogen and oxygen atoms in total. The number of para-hydroxylation sites is 1. The lowest BCUT2D eigenvalue weighted by molar-refractivity contribution is -0.166. The van der Waals surface area contributed by atoms with Gasteiger partial charge >= 0.3 is 5.97 Å². The van der Waals surface area contributed by atoms with Crippen LogP contribution in [0.2, 0.25) is 0 Å². The summed E-state index contributed by atoms with van der Waals surface area (Å²) in [5.41, 5.74) is 3.19. The smallest absolute Gasteiger partial charge is 0.306 e. The summed E-state index contributed by atoms with van der Waals surface area (Å²) in [5, 5.41) is 6.40. The van der Waals surface area contributed by atoms with Gasteiger partial charge in [0.15, 0.2) is 0 Å². The molecule has 0 radical (unpaired) electrons. The van der Waals surface area contributed by atoms with Crippen LogP contribution in [0, 0.1) is 0 Å². The van der Waals surface area contributed by atoms with Crippen LogP contribution in [0.4, 0.5) is 5.69 Å². The van der Waals surface area contributed by atoms with Crippen molar-refractivity contribution >= 4 is 17.6 Å². The van der Waals surface area contributed by atoms with Crippen LogP contribution in [-0.2, 0) is 21.6 Å². The maximum Gasteiger partial charge on any atom is 0.306 e. The zero-order valence-electron chi connectivity index (χ0n) is 21.8. The van der Waals surface area contributed by atoms with Crippen molar-refractivity contribution in [3.05, 3.63) is 102 Å². The Labute approximate surface area is 220 Å². The normalized spacial score (nSPS) is 15.9. The number of hydrogen-bond acceptors (Lipinski definition) is 5. The lowest BCUT2D eigenvalue weighted by Gasteiger charge is -2.42. The first kappa shape index (κ1) is 26.4. The number of carbonyl (C=O) groups is 2. The predicted molar refractivity (Wildman–Crippen MR) is 148 cm³/mol. The molecule has 6 heteroatoms. The Morgan fingerprint density at radius 2 is 1.54 bits per heavy atom. The minimum absolute atomic E-state index is 0.0932. The highest BCUT2D eigenvalue weighted by Crippen LogP contribution is 2.37. The molecule has 1 aliphatic rings. The molecule has 2 N–H and O–H groups in total. The first-order valence-corrected chi connectivity index (χ1v) is 13.1. The highest BCUT2D eigenvalue weighted by atomic mass is 16.6. The topological polar surface area (TPSA) is 70.7 Å². The fourth-order valence-electron chi connectivity index (χ4n) is 5.11. The Morgan fingerprint density at radius 1 is 0.919 bits per heavy atom. The molecule has 1 aliphatic heterocycles. The van der Waals surface area contributed by atoms with Gasteiger partial charge in [-0.05, 0) is 29.7 Å². The van der Waals surface area contributed by atoms with Gasteiger partial charge in [0.1, 0.15) is 5.60 Å². The molecule has 1 heterocycles. The lowest BCUT2D eigenvalue weighted by atomic mass is 9.83. The maximum absolute atomic E-state index is 12.5. The number of esters is 1. The SMILES string of the molecule is CCC(=O)OC1(c2ccccc2)CCN(CC(Cc2ccccc2)Nc2ccccc2C(=O)NC)CC1. The largest absolute Gasteiger partial charge is 0.454 e. The number of benzene rings is 3. The second-order valence-corrected chi connectivity index (χ2v) is 9.64. The first-order valence-electron chi connectivity index (χ1n) is 13.1. The van der Waals surface area contributed by atoms with Crippen molar-refractivity contribution in [1.29, 1.82) is 0 Å². The molecule has 3 aromatic carbocycles. The molecule has 0 bridgehead atoms. The van der Waals surface area contributed by atoms with Gasteiger partial charge in [-0.1, -0.05) is 79.7 Å². The van der Waals surface area contributed by atoms with Crippen LogP contribution in [0.3, 0.4) is 0 Å². The van der Waals surface area contributed by atoms with Crippen LogP contribution in [0.5, 0.6) is 0 Å². The molecule has 1 saturated heterocycles. The van der Waals surface area contributed by atoms with Crippen LogP contribution >= 0.6 is 0 Å². The standard InChI is InChI=1S/C31H37N3O3/c1-3-29(35)37-31(25-14-8-5-9-15-25)18-20-34(21-19-31)23-26(22-24-12-6-4-7-13-24)33-28-17-11-10-16-27(28)30(36)32-2/h4-17,26,33H,3,18-23H2,1-2H3,(H,32,36). The maximum atomic E-state index is 12.5. The summed E-state index contributed by atoms with van der Waals surface area (Å²) in [7, 11) is 1.65. The van der Waals surface area contributed by atoms with Crippen molar-refractivity contribution < 1.29 is 14.3 Å². The summed E-state index contributed by atoms with van der Waals surface area (Å²) < 4.78 is 6.09. The molecular weight excluding hydrogens is 462 g/mol. The van der Waals surface area contributed by atoms with E-state index >= 15 is 0 Å². The van der Waals surface area contributed by atoms with Crippen LogP contribution < -0.4 is 10.6 Å². The van der Waals surface area contributed by atoms with E-state index in [1.54, 1.807) is 7.05 Å². The van der Waals surface area contributed by atoms with E-state index in [4.69, 9.17) is 4.74 Å². The minimum Gasteiger partial charge on any atom is -0.454 e. The van der Waals surface area contributed by atoms with Gasteiger partial charge in [0.2, 0.25) is 0 Å². The Kier molecular flexibility index (Phi) is 8.96. The fourth-order valence-corrected chi connectivity index (χ4v) is 5.11. The average molecular weight is 500 g/mol. The average Bonchev–Trinajstić information content (AvgIpc) is 2.95. The molecule has 194 valence electrons. The molecule has 1 atom stereocenters. The number of hydrogen-bond donors (Lipinski definition) is 2. The van der Waals surface area contributed by atoms with Gasteiger partial charge in [-0.15, -0.1) is 0 Å². The van der Waals surface area contributed by atoms with Crippen LogP contribution in [0.15, 0.2) is 84.9 Å². The van der Waals surface area contributed by atoms with E-state index in [-0.39, 0.29) is 17.9 Å². The Morgan fingerprint density at radius 3 is 2.19 bits per heavy atom. The highest BCUT2D eigenvalue weighted by molar-refractivity contribution is 5.99. The van der Waals surface area contributed by atoms with Gasteiger partial charge in [0, 0.05) is 57.7 Å². The van der Waals surface area contributed by atoms with Crippen molar-refractivity contribution in [2.24, 2.45) is 0 Å². The van der Waals surface area contributed by atoms with Crippen LogP contribution in [-0.4, -0.2) is 49.5 Å². The minimum atomic E-state index is -0.584. The van der Waals surface area contributed by atoms with E-state index in [1.807, 2.05) is 55.5 Å². The van der Waals surface area contributed by atoms with Gasteiger partial charge in [-0.25, -0.2) is 0 Å². The third-order valence-electron chi connectivity index (χ3n) is 7.12. The molecule has 3 aromatic rings. The number of nitrogens with zero attached hydrogens (tertiary/aromatic N) is 1. The number of likely N-dealkylation sites (tertiary alicyclic amines) is 1.